The molecule has 88 valence electrons. The lowest BCUT2D eigenvalue weighted by Crippen LogP contribution is -2.02. The third-order valence-corrected chi connectivity index (χ3v) is 2.37. The summed E-state index contributed by atoms with van der Waals surface area (Å²) in [6.45, 7) is 0.123. The van der Waals surface area contributed by atoms with Crippen LogP contribution in [0.25, 0.3) is 0 Å². The molecule has 0 bridgehead atoms. The number of aromatic carboxylic acids is 1. The molecule has 0 saturated heterocycles. The normalized spacial score (nSPS) is 10.2. The lowest BCUT2D eigenvalue weighted by Gasteiger charge is -2.05. The zero-order chi connectivity index (χ0) is 12.3. The molecular weight excluding hydrogens is 244 g/mol. The summed E-state index contributed by atoms with van der Waals surface area (Å²) in [5.74, 6) is -0.637. The highest BCUT2D eigenvalue weighted by molar-refractivity contribution is 6.30. The molecule has 5 heteroatoms. The Morgan fingerprint density at radius 1 is 1.41 bits per heavy atom. The maximum absolute atomic E-state index is 10.8. The molecule has 1 N–H and O–H groups in total. The van der Waals surface area contributed by atoms with Crippen LogP contribution in [0.4, 0.5) is 0 Å². The second-order valence-corrected chi connectivity index (χ2v) is 3.76. The zero-order valence-electron chi connectivity index (χ0n) is 8.72. The summed E-state index contributed by atoms with van der Waals surface area (Å²) in [6, 6.07) is 8.45. The summed E-state index contributed by atoms with van der Waals surface area (Å²) in [4.78, 5) is 10.8. The molecule has 17 heavy (non-hydrogen) atoms. The molecule has 0 aliphatic carbocycles. The number of rotatable bonds is 4. The van der Waals surface area contributed by atoms with E-state index in [2.05, 4.69) is 0 Å². The molecule has 0 unspecified atom stereocenters. The number of carboxylic acid groups (broad SMARTS) is 1. The fourth-order valence-electron chi connectivity index (χ4n) is 1.35. The van der Waals surface area contributed by atoms with E-state index in [1.54, 1.807) is 30.3 Å². The van der Waals surface area contributed by atoms with Crippen molar-refractivity contribution in [1.29, 1.82) is 0 Å². The van der Waals surface area contributed by atoms with Gasteiger partial charge in [-0.25, -0.2) is 4.79 Å². The van der Waals surface area contributed by atoms with E-state index in [1.165, 1.54) is 6.26 Å². The first-order chi connectivity index (χ1) is 8.16. The SMILES string of the molecule is O=C(O)c1occc1COc1cccc(Cl)c1. The summed E-state index contributed by atoms with van der Waals surface area (Å²) in [6.07, 6.45) is 1.32. The molecule has 0 amide bonds. The Morgan fingerprint density at radius 2 is 2.24 bits per heavy atom. The van der Waals surface area contributed by atoms with E-state index in [0.29, 0.717) is 16.3 Å². The number of ether oxygens (including phenoxy) is 1. The summed E-state index contributed by atoms with van der Waals surface area (Å²) >= 11 is 5.79. The molecule has 1 aromatic carbocycles. The minimum atomic E-state index is -1.11. The molecule has 0 atom stereocenters. The van der Waals surface area contributed by atoms with Gasteiger partial charge in [-0.1, -0.05) is 17.7 Å². The van der Waals surface area contributed by atoms with Crippen molar-refractivity contribution >= 4 is 17.6 Å². The summed E-state index contributed by atoms with van der Waals surface area (Å²) in [5.41, 5.74) is 0.484. The van der Waals surface area contributed by atoms with Crippen LogP contribution in [0.1, 0.15) is 16.1 Å². The van der Waals surface area contributed by atoms with Gasteiger partial charge >= 0.3 is 5.97 Å². The minimum absolute atomic E-state index is 0.105. The number of hydrogen-bond donors (Lipinski definition) is 1. The van der Waals surface area contributed by atoms with Gasteiger partial charge in [0.25, 0.3) is 0 Å². The number of benzene rings is 1. The second-order valence-electron chi connectivity index (χ2n) is 3.33. The summed E-state index contributed by atoms with van der Waals surface area (Å²) in [7, 11) is 0. The molecule has 0 radical (unpaired) electrons. The maximum atomic E-state index is 10.8. The van der Waals surface area contributed by atoms with E-state index in [1.807, 2.05) is 0 Å². The van der Waals surface area contributed by atoms with Gasteiger partial charge in [0.1, 0.15) is 12.4 Å². The Hall–Kier alpha value is -1.94. The van der Waals surface area contributed by atoms with Crippen LogP contribution in [0, 0.1) is 0 Å². The van der Waals surface area contributed by atoms with Crippen molar-refractivity contribution in [3.63, 3.8) is 0 Å². The number of carboxylic acids is 1. The van der Waals surface area contributed by atoms with Crippen LogP contribution in [0.15, 0.2) is 41.0 Å². The van der Waals surface area contributed by atoms with Gasteiger partial charge in [0, 0.05) is 10.6 Å². The van der Waals surface area contributed by atoms with Crippen molar-refractivity contribution in [2.75, 3.05) is 0 Å². The molecule has 0 spiro atoms. The third-order valence-electron chi connectivity index (χ3n) is 2.13. The van der Waals surface area contributed by atoms with Crippen LogP contribution < -0.4 is 4.74 Å². The van der Waals surface area contributed by atoms with Gasteiger partial charge in [-0.2, -0.15) is 0 Å². The number of carbonyl (C=O) groups is 1. The van der Waals surface area contributed by atoms with Gasteiger partial charge in [-0.15, -0.1) is 0 Å². The first kappa shape index (κ1) is 11.5. The number of furan rings is 1. The lowest BCUT2D eigenvalue weighted by molar-refractivity contribution is 0.0658. The first-order valence-corrected chi connectivity index (χ1v) is 5.22. The van der Waals surface area contributed by atoms with Crippen LogP contribution in [0.2, 0.25) is 5.02 Å². The van der Waals surface area contributed by atoms with Crippen LogP contribution in [0.5, 0.6) is 5.75 Å². The predicted octanol–water partition coefficient (Wildman–Crippen LogP) is 3.21. The molecule has 0 fully saturated rings. The summed E-state index contributed by atoms with van der Waals surface area (Å²) < 4.78 is 10.2. The molecule has 4 nitrogen and oxygen atoms in total. The standard InChI is InChI=1S/C12H9ClO4/c13-9-2-1-3-10(6-9)17-7-8-4-5-16-11(8)12(14)15/h1-6H,7H2,(H,14,15). The van der Waals surface area contributed by atoms with Gasteiger partial charge in [0.15, 0.2) is 0 Å². The van der Waals surface area contributed by atoms with Crippen LogP contribution in [0.3, 0.4) is 0 Å². The monoisotopic (exact) mass is 252 g/mol. The third kappa shape index (κ3) is 2.79. The molecule has 0 aliphatic rings. The lowest BCUT2D eigenvalue weighted by atomic mass is 10.2. The van der Waals surface area contributed by atoms with Crippen molar-refractivity contribution in [3.05, 3.63) is 52.9 Å². The highest BCUT2D eigenvalue weighted by Gasteiger charge is 2.14. The number of halogens is 1. The average Bonchev–Trinajstić information content (AvgIpc) is 2.74. The number of hydrogen-bond acceptors (Lipinski definition) is 3. The highest BCUT2D eigenvalue weighted by Crippen LogP contribution is 2.19. The Morgan fingerprint density at radius 3 is 2.94 bits per heavy atom. The van der Waals surface area contributed by atoms with Crippen LogP contribution in [-0.4, -0.2) is 11.1 Å². The predicted molar refractivity (Wildman–Crippen MR) is 61.5 cm³/mol. The van der Waals surface area contributed by atoms with Gasteiger partial charge in [-0.05, 0) is 24.3 Å². The van der Waals surface area contributed by atoms with Gasteiger partial charge in [-0.3, -0.25) is 0 Å². The van der Waals surface area contributed by atoms with Crippen molar-refractivity contribution < 1.29 is 19.1 Å². The average molecular weight is 253 g/mol. The van der Waals surface area contributed by atoms with E-state index >= 15 is 0 Å². The molecule has 2 aromatic rings. The zero-order valence-corrected chi connectivity index (χ0v) is 9.48. The largest absolute Gasteiger partial charge is 0.489 e. The van der Waals surface area contributed by atoms with Gasteiger partial charge in [0.2, 0.25) is 5.76 Å². The minimum Gasteiger partial charge on any atom is -0.489 e. The molecule has 0 saturated carbocycles. The van der Waals surface area contributed by atoms with E-state index < -0.39 is 5.97 Å². The highest BCUT2D eigenvalue weighted by atomic mass is 35.5. The first-order valence-electron chi connectivity index (χ1n) is 4.85. The Kier molecular flexibility index (Phi) is 3.35. The van der Waals surface area contributed by atoms with E-state index in [0.717, 1.165) is 0 Å². The maximum Gasteiger partial charge on any atom is 0.372 e. The van der Waals surface area contributed by atoms with Gasteiger partial charge < -0.3 is 14.3 Å². The van der Waals surface area contributed by atoms with E-state index in [-0.39, 0.29) is 12.4 Å². The fourth-order valence-corrected chi connectivity index (χ4v) is 1.54. The molecule has 0 aliphatic heterocycles. The van der Waals surface area contributed by atoms with E-state index in [9.17, 15) is 4.79 Å². The van der Waals surface area contributed by atoms with Gasteiger partial charge in [0.05, 0.1) is 6.26 Å². The fraction of sp³-hybridized carbons (Fsp3) is 0.0833. The Bertz CT molecular complexity index is 533. The molecular formula is C12H9ClO4. The Labute approximate surface area is 102 Å². The van der Waals surface area contributed by atoms with E-state index in [4.69, 9.17) is 25.9 Å². The van der Waals surface area contributed by atoms with Crippen LogP contribution >= 0.6 is 11.6 Å². The Balaban J connectivity index is 2.07. The quantitative estimate of drug-likeness (QED) is 0.908. The van der Waals surface area contributed by atoms with Crippen LogP contribution in [-0.2, 0) is 6.61 Å². The second kappa shape index (κ2) is 4.93. The molecule has 1 heterocycles. The topological polar surface area (TPSA) is 59.7 Å². The van der Waals surface area contributed by atoms with Crippen molar-refractivity contribution in [2.45, 2.75) is 6.61 Å². The smallest absolute Gasteiger partial charge is 0.372 e. The molecule has 1 aromatic heterocycles. The van der Waals surface area contributed by atoms with Crippen molar-refractivity contribution in [3.8, 4) is 5.75 Å². The van der Waals surface area contributed by atoms with Crippen molar-refractivity contribution in [1.82, 2.24) is 0 Å². The summed E-state index contributed by atoms with van der Waals surface area (Å²) in [5, 5.41) is 9.39. The van der Waals surface area contributed by atoms with Crippen molar-refractivity contribution in [2.24, 2.45) is 0 Å². The molecule has 2 rings (SSSR count).